The molecule has 5 nitrogen and oxygen atoms in total. The van der Waals surface area contributed by atoms with E-state index in [4.69, 9.17) is 14.2 Å². The highest BCUT2D eigenvalue weighted by Crippen LogP contribution is 2.41. The van der Waals surface area contributed by atoms with Crippen LogP contribution in [-0.2, 0) is 16.1 Å². The van der Waals surface area contributed by atoms with Crippen molar-refractivity contribution in [3.63, 3.8) is 0 Å². The highest BCUT2D eigenvalue weighted by molar-refractivity contribution is 5.70. The van der Waals surface area contributed by atoms with Gasteiger partial charge >= 0.3 is 5.97 Å². The number of ether oxygens (including phenoxy) is 3. The average Bonchev–Trinajstić information content (AvgIpc) is 2.72. The molecule has 0 saturated heterocycles. The molecule has 1 aliphatic heterocycles. The average molecular weight is 265 g/mol. The molecule has 104 valence electrons. The SMILES string of the molecule is COC(=O)CC1c2cc(OC)c(OC)cc2CN1C. The summed E-state index contributed by atoms with van der Waals surface area (Å²) in [6.45, 7) is 0.789. The van der Waals surface area contributed by atoms with Crippen molar-refractivity contribution in [3.05, 3.63) is 23.3 Å². The largest absolute Gasteiger partial charge is 0.493 e. The van der Waals surface area contributed by atoms with Gasteiger partial charge in [-0.1, -0.05) is 0 Å². The summed E-state index contributed by atoms with van der Waals surface area (Å²) in [5, 5.41) is 0. The van der Waals surface area contributed by atoms with E-state index < -0.39 is 0 Å². The molecule has 0 fully saturated rings. The second kappa shape index (κ2) is 5.48. The summed E-state index contributed by atoms with van der Waals surface area (Å²) in [6, 6.07) is 3.95. The highest BCUT2D eigenvalue weighted by Gasteiger charge is 2.31. The van der Waals surface area contributed by atoms with E-state index in [-0.39, 0.29) is 12.0 Å². The fourth-order valence-corrected chi connectivity index (χ4v) is 2.51. The normalized spacial score (nSPS) is 18.0. The zero-order valence-corrected chi connectivity index (χ0v) is 11.7. The Balaban J connectivity index is 2.36. The quantitative estimate of drug-likeness (QED) is 0.776. The van der Waals surface area contributed by atoms with Gasteiger partial charge in [0.1, 0.15) is 0 Å². The van der Waals surface area contributed by atoms with Crippen LogP contribution in [0, 0.1) is 0 Å². The van der Waals surface area contributed by atoms with Crippen LogP contribution in [-0.4, -0.2) is 39.2 Å². The molecular formula is C14H19NO4. The summed E-state index contributed by atoms with van der Waals surface area (Å²) < 4.78 is 15.4. The van der Waals surface area contributed by atoms with Crippen molar-refractivity contribution >= 4 is 5.97 Å². The van der Waals surface area contributed by atoms with Crippen LogP contribution < -0.4 is 9.47 Å². The number of carbonyl (C=O) groups excluding carboxylic acids is 1. The van der Waals surface area contributed by atoms with E-state index in [9.17, 15) is 4.79 Å². The summed E-state index contributed by atoms with van der Waals surface area (Å²) in [7, 11) is 6.63. The first-order valence-corrected chi connectivity index (χ1v) is 6.12. The van der Waals surface area contributed by atoms with Crippen LogP contribution in [0.2, 0.25) is 0 Å². The third kappa shape index (κ3) is 2.51. The molecule has 0 radical (unpaired) electrons. The molecule has 1 atom stereocenters. The van der Waals surface area contributed by atoms with Gasteiger partial charge in [-0.15, -0.1) is 0 Å². The number of carbonyl (C=O) groups is 1. The molecular weight excluding hydrogens is 246 g/mol. The van der Waals surface area contributed by atoms with Crippen molar-refractivity contribution in [1.29, 1.82) is 0 Å². The van der Waals surface area contributed by atoms with Crippen LogP contribution in [0.4, 0.5) is 0 Å². The minimum absolute atomic E-state index is 0.0299. The van der Waals surface area contributed by atoms with Crippen molar-refractivity contribution in [2.75, 3.05) is 28.4 Å². The molecule has 2 rings (SSSR count). The molecule has 0 N–H and O–H groups in total. The van der Waals surface area contributed by atoms with Crippen LogP contribution in [0.15, 0.2) is 12.1 Å². The zero-order chi connectivity index (χ0) is 14.0. The van der Waals surface area contributed by atoms with E-state index in [2.05, 4.69) is 4.90 Å². The maximum Gasteiger partial charge on any atom is 0.307 e. The molecule has 0 saturated carbocycles. The monoisotopic (exact) mass is 265 g/mol. The molecule has 0 aromatic heterocycles. The molecule has 0 amide bonds. The van der Waals surface area contributed by atoms with Crippen LogP contribution in [0.1, 0.15) is 23.6 Å². The highest BCUT2D eigenvalue weighted by atomic mass is 16.5. The first-order valence-electron chi connectivity index (χ1n) is 6.12. The predicted octanol–water partition coefficient (Wildman–Crippen LogP) is 1.75. The van der Waals surface area contributed by atoms with E-state index in [1.165, 1.54) is 7.11 Å². The standard InChI is InChI=1S/C14H19NO4/c1-15-8-9-5-12(17-2)13(18-3)6-10(9)11(15)7-14(16)19-4/h5-6,11H,7-8H2,1-4H3. The Kier molecular flexibility index (Phi) is 3.95. The van der Waals surface area contributed by atoms with Crippen molar-refractivity contribution in [3.8, 4) is 11.5 Å². The van der Waals surface area contributed by atoms with Gasteiger partial charge in [0, 0.05) is 12.6 Å². The summed E-state index contributed by atoms with van der Waals surface area (Å²) in [5.74, 6) is 1.19. The summed E-state index contributed by atoms with van der Waals surface area (Å²) in [5.41, 5.74) is 2.26. The van der Waals surface area contributed by atoms with Crippen molar-refractivity contribution in [2.45, 2.75) is 19.0 Å². The van der Waals surface area contributed by atoms with Gasteiger partial charge in [0.25, 0.3) is 0 Å². The molecule has 1 aromatic carbocycles. The molecule has 5 heteroatoms. The third-order valence-electron chi connectivity index (χ3n) is 3.54. The van der Waals surface area contributed by atoms with Gasteiger partial charge in [-0.2, -0.15) is 0 Å². The topological polar surface area (TPSA) is 48.0 Å². The molecule has 1 heterocycles. The number of benzene rings is 1. The molecule has 0 spiro atoms. The number of fused-ring (bicyclic) bond motifs is 1. The number of nitrogens with zero attached hydrogens (tertiary/aromatic N) is 1. The van der Waals surface area contributed by atoms with Crippen LogP contribution in [0.5, 0.6) is 11.5 Å². The molecule has 1 aliphatic rings. The second-order valence-corrected chi connectivity index (χ2v) is 4.62. The fourth-order valence-electron chi connectivity index (χ4n) is 2.51. The van der Waals surface area contributed by atoms with Crippen LogP contribution in [0.25, 0.3) is 0 Å². The van der Waals surface area contributed by atoms with E-state index in [1.54, 1.807) is 14.2 Å². The van der Waals surface area contributed by atoms with E-state index in [0.29, 0.717) is 17.9 Å². The lowest BCUT2D eigenvalue weighted by Crippen LogP contribution is -2.20. The number of hydrogen-bond acceptors (Lipinski definition) is 5. The second-order valence-electron chi connectivity index (χ2n) is 4.62. The van der Waals surface area contributed by atoms with Crippen LogP contribution >= 0.6 is 0 Å². The lowest BCUT2D eigenvalue weighted by molar-refractivity contribution is -0.141. The van der Waals surface area contributed by atoms with Gasteiger partial charge in [-0.25, -0.2) is 0 Å². The van der Waals surface area contributed by atoms with Crippen molar-refractivity contribution in [1.82, 2.24) is 4.90 Å². The zero-order valence-electron chi connectivity index (χ0n) is 11.7. The summed E-state index contributed by atoms with van der Waals surface area (Å²) in [4.78, 5) is 13.6. The lowest BCUT2D eigenvalue weighted by Gasteiger charge is -2.19. The number of esters is 1. The molecule has 1 aromatic rings. The first kappa shape index (κ1) is 13.7. The Bertz CT molecular complexity index is 487. The molecule has 19 heavy (non-hydrogen) atoms. The molecule has 0 aliphatic carbocycles. The summed E-state index contributed by atoms with van der Waals surface area (Å²) in [6.07, 6.45) is 0.343. The van der Waals surface area contributed by atoms with Gasteiger partial charge in [-0.05, 0) is 30.3 Å². The van der Waals surface area contributed by atoms with Gasteiger partial charge in [0.05, 0.1) is 27.8 Å². The third-order valence-corrected chi connectivity index (χ3v) is 3.54. The Labute approximate surface area is 113 Å². The maximum atomic E-state index is 11.5. The molecule has 0 bridgehead atoms. The maximum absolute atomic E-state index is 11.5. The minimum atomic E-state index is -0.209. The van der Waals surface area contributed by atoms with Gasteiger partial charge in [0.2, 0.25) is 0 Å². The minimum Gasteiger partial charge on any atom is -0.493 e. The Hall–Kier alpha value is -1.75. The Morgan fingerprint density at radius 3 is 2.47 bits per heavy atom. The first-order chi connectivity index (χ1) is 9.10. The number of methoxy groups -OCH3 is 3. The predicted molar refractivity (Wildman–Crippen MR) is 70.4 cm³/mol. The van der Waals surface area contributed by atoms with Crippen LogP contribution in [0.3, 0.4) is 0 Å². The fraction of sp³-hybridized carbons (Fsp3) is 0.500. The lowest BCUT2D eigenvalue weighted by atomic mass is 10.0. The Morgan fingerprint density at radius 1 is 1.26 bits per heavy atom. The van der Waals surface area contributed by atoms with Gasteiger partial charge < -0.3 is 14.2 Å². The van der Waals surface area contributed by atoms with E-state index >= 15 is 0 Å². The van der Waals surface area contributed by atoms with Gasteiger partial charge in [-0.3, -0.25) is 9.69 Å². The van der Waals surface area contributed by atoms with Gasteiger partial charge in [0.15, 0.2) is 11.5 Å². The van der Waals surface area contributed by atoms with Crippen molar-refractivity contribution in [2.24, 2.45) is 0 Å². The summed E-state index contributed by atoms with van der Waals surface area (Å²) >= 11 is 0. The number of rotatable bonds is 4. The molecule has 1 unspecified atom stereocenters. The van der Waals surface area contributed by atoms with E-state index in [0.717, 1.165) is 17.7 Å². The number of hydrogen-bond donors (Lipinski definition) is 0. The van der Waals surface area contributed by atoms with E-state index in [1.807, 2.05) is 19.2 Å². The van der Waals surface area contributed by atoms with Crippen molar-refractivity contribution < 1.29 is 19.0 Å². The Morgan fingerprint density at radius 2 is 1.89 bits per heavy atom. The smallest absolute Gasteiger partial charge is 0.307 e.